The third-order valence-electron chi connectivity index (χ3n) is 5.31. The summed E-state index contributed by atoms with van der Waals surface area (Å²) in [5.74, 6) is 0. The van der Waals surface area contributed by atoms with E-state index in [1.807, 2.05) is 50.2 Å². The van der Waals surface area contributed by atoms with Crippen molar-refractivity contribution in [3.05, 3.63) is 48.5 Å². The van der Waals surface area contributed by atoms with Crippen LogP contribution in [0, 0.1) is 0 Å². The number of nitrogens with one attached hydrogen (secondary N) is 1. The minimum atomic E-state index is -1.12. The van der Waals surface area contributed by atoms with Crippen LogP contribution in [0.4, 0.5) is 5.69 Å². The third kappa shape index (κ3) is 4.13. The highest BCUT2D eigenvalue weighted by Gasteiger charge is 2.51. The molecule has 0 aromatic heterocycles. The molecule has 0 aliphatic carbocycles. The maximum absolute atomic E-state index is 12.2. The summed E-state index contributed by atoms with van der Waals surface area (Å²) < 4.78 is 27.6. The first-order valence-electron chi connectivity index (χ1n) is 9.33. The lowest BCUT2D eigenvalue weighted by Crippen LogP contribution is -2.41. The number of hydrogen-bond acceptors (Lipinski definition) is 3. The van der Waals surface area contributed by atoms with Gasteiger partial charge in [-0.2, -0.15) is 0 Å². The molecule has 3 rings (SSSR count). The van der Waals surface area contributed by atoms with Crippen molar-refractivity contribution in [2.45, 2.75) is 58.0 Å². The molecule has 0 bridgehead atoms. The van der Waals surface area contributed by atoms with Gasteiger partial charge in [-0.25, -0.2) is 4.21 Å². The van der Waals surface area contributed by atoms with Crippen molar-refractivity contribution in [3.63, 3.8) is 0 Å². The van der Waals surface area contributed by atoms with Crippen LogP contribution < -0.4 is 10.2 Å². The van der Waals surface area contributed by atoms with Gasteiger partial charge in [0.1, 0.15) is 11.0 Å². The summed E-state index contributed by atoms with van der Waals surface area (Å²) in [4.78, 5) is 0. The molecule has 2 aromatic carbocycles. The van der Waals surface area contributed by atoms with Crippen LogP contribution in [-0.2, 0) is 20.3 Å². The Balaban J connectivity index is 1.84. The van der Waals surface area contributed by atoms with Crippen molar-refractivity contribution in [1.82, 2.24) is 0 Å². The lowest BCUT2D eigenvalue weighted by Gasteiger charge is -2.32. The van der Waals surface area contributed by atoms with E-state index in [0.717, 1.165) is 22.3 Å². The van der Waals surface area contributed by atoms with Crippen LogP contribution in [0.15, 0.2) is 48.5 Å². The maximum Gasteiger partial charge on any atom is 0.494 e. The normalized spacial score (nSPS) is 19.3. The largest absolute Gasteiger partial charge is 0.494 e. The first-order valence-corrected chi connectivity index (χ1v) is 10.5. The quantitative estimate of drug-likeness (QED) is 0.787. The summed E-state index contributed by atoms with van der Waals surface area (Å²) in [6.07, 6.45) is 0. The predicted molar refractivity (Wildman–Crippen MR) is 114 cm³/mol. The Bertz CT molecular complexity index is 818. The van der Waals surface area contributed by atoms with E-state index >= 15 is 0 Å². The summed E-state index contributed by atoms with van der Waals surface area (Å²) in [5, 5.41) is 0.0452. The molecule has 27 heavy (non-hydrogen) atoms. The molecule has 0 saturated carbocycles. The molecule has 4 nitrogen and oxygen atoms in total. The minimum Gasteiger partial charge on any atom is -0.399 e. The van der Waals surface area contributed by atoms with Crippen molar-refractivity contribution < 1.29 is 13.5 Å². The number of hydrogen-bond donors (Lipinski definition) is 1. The maximum atomic E-state index is 12.2. The van der Waals surface area contributed by atoms with Gasteiger partial charge in [-0.15, -0.1) is 0 Å². The number of para-hydroxylation sites is 1. The smallest absolute Gasteiger partial charge is 0.399 e. The molecule has 0 spiro atoms. The van der Waals surface area contributed by atoms with Crippen LogP contribution in [0.25, 0.3) is 11.1 Å². The molecule has 1 unspecified atom stereocenters. The van der Waals surface area contributed by atoms with Gasteiger partial charge >= 0.3 is 7.12 Å². The molecule has 1 aliphatic rings. The Hall–Kier alpha value is -1.63. The molecule has 6 heteroatoms. The number of anilines is 1. The van der Waals surface area contributed by atoms with Crippen molar-refractivity contribution >= 4 is 29.3 Å². The van der Waals surface area contributed by atoms with Gasteiger partial charge < -0.3 is 14.0 Å². The van der Waals surface area contributed by atoms with Gasteiger partial charge in [0.05, 0.1) is 16.9 Å². The van der Waals surface area contributed by atoms with Gasteiger partial charge in [-0.1, -0.05) is 42.5 Å². The fourth-order valence-electron chi connectivity index (χ4n) is 2.85. The second kappa shape index (κ2) is 7.42. The highest BCUT2D eigenvalue weighted by Crippen LogP contribution is 2.36. The first kappa shape index (κ1) is 20.1. The monoisotopic (exact) mass is 385 g/mol. The SMILES string of the molecule is CC(C)S(=O)Nc1ccccc1-c1ccc(B2OC(C)(C)C(C)(C)O2)cc1. The fraction of sp³-hybridized carbons (Fsp3) is 0.429. The van der Waals surface area contributed by atoms with Crippen molar-refractivity contribution in [2.75, 3.05) is 4.72 Å². The summed E-state index contributed by atoms with van der Waals surface area (Å²) >= 11 is 0. The Labute approximate surface area is 165 Å². The lowest BCUT2D eigenvalue weighted by molar-refractivity contribution is 0.00578. The van der Waals surface area contributed by atoms with Gasteiger partial charge in [0.25, 0.3) is 0 Å². The average Bonchev–Trinajstić information content (AvgIpc) is 2.83. The van der Waals surface area contributed by atoms with E-state index in [1.54, 1.807) is 0 Å². The van der Waals surface area contributed by atoms with E-state index in [4.69, 9.17) is 9.31 Å². The van der Waals surface area contributed by atoms with Crippen molar-refractivity contribution in [1.29, 1.82) is 0 Å². The predicted octanol–water partition coefficient (Wildman–Crippen LogP) is 4.14. The van der Waals surface area contributed by atoms with Gasteiger partial charge in [0.15, 0.2) is 0 Å². The highest BCUT2D eigenvalue weighted by molar-refractivity contribution is 7.86. The van der Waals surface area contributed by atoms with Crippen LogP contribution in [0.2, 0.25) is 0 Å². The van der Waals surface area contributed by atoms with Crippen LogP contribution in [0.5, 0.6) is 0 Å². The zero-order chi connectivity index (χ0) is 19.8. The van der Waals surface area contributed by atoms with E-state index in [9.17, 15) is 4.21 Å². The molecule has 1 fully saturated rings. The molecule has 1 aliphatic heterocycles. The Morgan fingerprint density at radius 3 is 2.04 bits per heavy atom. The molecule has 0 amide bonds. The zero-order valence-electron chi connectivity index (χ0n) is 16.9. The zero-order valence-corrected chi connectivity index (χ0v) is 17.7. The van der Waals surface area contributed by atoms with E-state index in [-0.39, 0.29) is 23.6 Å². The summed E-state index contributed by atoms with van der Waals surface area (Å²) in [6, 6.07) is 16.1. The topological polar surface area (TPSA) is 47.6 Å². The molecule has 144 valence electrons. The van der Waals surface area contributed by atoms with Gasteiger partial charge in [0, 0.05) is 10.8 Å². The van der Waals surface area contributed by atoms with E-state index in [1.165, 1.54) is 0 Å². The Kier molecular flexibility index (Phi) is 5.53. The summed E-state index contributed by atoms with van der Waals surface area (Å²) in [7, 11) is -1.49. The third-order valence-corrected chi connectivity index (χ3v) is 6.59. The standard InChI is InChI=1S/C21H28BNO3S/c1-15(2)27(24)23-19-10-8-7-9-18(19)16-11-13-17(14-12-16)22-25-20(3,4)21(5,6)26-22/h7-15,23H,1-6H3. The van der Waals surface area contributed by atoms with E-state index in [0.29, 0.717) is 0 Å². The van der Waals surface area contributed by atoms with Gasteiger partial charge in [-0.05, 0) is 58.6 Å². The van der Waals surface area contributed by atoms with Crippen molar-refractivity contribution in [2.24, 2.45) is 0 Å². The first-order chi connectivity index (χ1) is 12.6. The van der Waals surface area contributed by atoms with Crippen LogP contribution in [-0.4, -0.2) is 27.8 Å². The second-order valence-corrected chi connectivity index (χ2v) is 9.95. The molecule has 2 aromatic rings. The molecule has 1 saturated heterocycles. The van der Waals surface area contributed by atoms with Crippen molar-refractivity contribution in [3.8, 4) is 11.1 Å². The minimum absolute atomic E-state index is 0.0452. The fourth-order valence-corrected chi connectivity index (χ4v) is 3.48. The molecular formula is C21H28BNO3S. The molecule has 1 N–H and O–H groups in total. The molecule has 0 radical (unpaired) electrons. The van der Waals surface area contributed by atoms with E-state index < -0.39 is 11.0 Å². The number of benzene rings is 2. The summed E-state index contributed by atoms with van der Waals surface area (Å²) in [5.41, 5.74) is 3.23. The molecule has 1 atom stereocenters. The molecular weight excluding hydrogens is 357 g/mol. The van der Waals surface area contributed by atoms with Crippen LogP contribution in [0.1, 0.15) is 41.5 Å². The second-order valence-electron chi connectivity index (χ2n) is 8.20. The summed E-state index contributed by atoms with van der Waals surface area (Å²) in [6.45, 7) is 12.1. The highest BCUT2D eigenvalue weighted by atomic mass is 32.2. The Morgan fingerprint density at radius 2 is 1.48 bits per heavy atom. The van der Waals surface area contributed by atoms with Gasteiger partial charge in [0.2, 0.25) is 0 Å². The van der Waals surface area contributed by atoms with Crippen LogP contribution >= 0.6 is 0 Å². The van der Waals surface area contributed by atoms with Crippen LogP contribution in [0.3, 0.4) is 0 Å². The molecule has 1 heterocycles. The average molecular weight is 385 g/mol. The number of rotatable bonds is 5. The Morgan fingerprint density at radius 1 is 0.926 bits per heavy atom. The van der Waals surface area contributed by atoms with E-state index in [2.05, 4.69) is 44.5 Å². The van der Waals surface area contributed by atoms with Gasteiger partial charge in [-0.3, -0.25) is 0 Å². The lowest BCUT2D eigenvalue weighted by atomic mass is 9.78.